The molecule has 3 aromatic rings. The van der Waals surface area contributed by atoms with E-state index in [-0.39, 0.29) is 19.5 Å². The molecule has 2 N–H and O–H groups in total. The van der Waals surface area contributed by atoms with Gasteiger partial charge in [-0.05, 0) is 29.1 Å². The molecule has 1 atom stereocenters. The first-order valence-corrected chi connectivity index (χ1v) is 9.99. The molecule has 1 fully saturated rings. The molecule has 1 heterocycles. The molecular formula is C22H19BrN2O4. The minimum Gasteiger partial charge on any atom is -0.407 e. The minimum absolute atomic E-state index is 0.000635. The summed E-state index contributed by atoms with van der Waals surface area (Å²) in [6.45, 7) is 0.470. The minimum atomic E-state index is -2.18. The summed E-state index contributed by atoms with van der Waals surface area (Å²) in [5, 5.41) is 15.1. The van der Waals surface area contributed by atoms with Crippen LogP contribution in [0.1, 0.15) is 12.0 Å². The van der Waals surface area contributed by atoms with Gasteiger partial charge < -0.3 is 20.1 Å². The van der Waals surface area contributed by atoms with Crippen molar-refractivity contribution in [3.8, 4) is 0 Å². The number of rotatable bonds is 4. The van der Waals surface area contributed by atoms with Gasteiger partial charge in [0.1, 0.15) is 0 Å². The summed E-state index contributed by atoms with van der Waals surface area (Å²) in [5.74, 6) is -2.83. The zero-order valence-corrected chi connectivity index (χ0v) is 17.1. The molecule has 7 heteroatoms. The largest absolute Gasteiger partial charge is 0.410 e. The van der Waals surface area contributed by atoms with E-state index in [1.165, 1.54) is 4.90 Å². The van der Waals surface area contributed by atoms with E-state index in [9.17, 15) is 14.7 Å². The van der Waals surface area contributed by atoms with E-state index in [0.29, 0.717) is 5.69 Å². The van der Waals surface area contributed by atoms with E-state index >= 15 is 0 Å². The lowest BCUT2D eigenvalue weighted by Gasteiger charge is -2.23. The Labute approximate surface area is 176 Å². The number of carbonyl (C=O) groups is 2. The van der Waals surface area contributed by atoms with Crippen molar-refractivity contribution >= 4 is 44.4 Å². The van der Waals surface area contributed by atoms with Crippen molar-refractivity contribution in [3.63, 3.8) is 0 Å². The molecule has 0 unspecified atom stereocenters. The average molecular weight is 455 g/mol. The molecular weight excluding hydrogens is 436 g/mol. The summed E-state index contributed by atoms with van der Waals surface area (Å²) in [6.07, 6.45) is -0.847. The van der Waals surface area contributed by atoms with Gasteiger partial charge in [-0.25, -0.2) is 4.79 Å². The van der Waals surface area contributed by atoms with Crippen LogP contribution in [0, 0.1) is 0 Å². The van der Waals surface area contributed by atoms with Crippen molar-refractivity contribution in [2.45, 2.75) is 18.8 Å². The second-order valence-electron chi connectivity index (χ2n) is 6.86. The van der Waals surface area contributed by atoms with Crippen LogP contribution in [0.25, 0.3) is 10.8 Å². The zero-order chi connectivity index (χ0) is 20.4. The number of alkyl carbamates (subject to hydrolysis) is 1. The molecule has 0 bridgehead atoms. The Morgan fingerprint density at radius 1 is 1.14 bits per heavy atom. The molecule has 2 amide bonds. The number of hydrogen-bond donors (Lipinski definition) is 2. The summed E-state index contributed by atoms with van der Waals surface area (Å²) in [5.41, 5.74) is 1.54. The molecule has 1 aliphatic heterocycles. The summed E-state index contributed by atoms with van der Waals surface area (Å²) >= 11 is 3.37. The van der Waals surface area contributed by atoms with Gasteiger partial charge in [0.15, 0.2) is 0 Å². The monoisotopic (exact) mass is 454 g/mol. The second kappa shape index (κ2) is 7.85. The third kappa shape index (κ3) is 3.97. The summed E-state index contributed by atoms with van der Waals surface area (Å²) in [4.78, 5) is 26.5. The highest BCUT2D eigenvalue weighted by molar-refractivity contribution is 9.10. The van der Waals surface area contributed by atoms with Gasteiger partial charge in [-0.2, -0.15) is 0 Å². The first-order valence-electron chi connectivity index (χ1n) is 9.20. The topological polar surface area (TPSA) is 78.9 Å². The predicted molar refractivity (Wildman–Crippen MR) is 113 cm³/mol. The average Bonchev–Trinajstić information content (AvgIpc) is 3.00. The van der Waals surface area contributed by atoms with Gasteiger partial charge in [0.2, 0.25) is 0 Å². The third-order valence-corrected chi connectivity index (χ3v) is 5.39. The molecule has 0 radical (unpaired) electrons. The predicted octanol–water partition coefficient (Wildman–Crippen LogP) is 3.95. The normalized spacial score (nSPS) is 18.8. The first kappa shape index (κ1) is 19.4. The van der Waals surface area contributed by atoms with Crippen molar-refractivity contribution in [2.75, 3.05) is 11.4 Å². The van der Waals surface area contributed by atoms with Gasteiger partial charge in [-0.3, -0.25) is 4.79 Å². The molecule has 6 nitrogen and oxygen atoms in total. The van der Waals surface area contributed by atoms with Gasteiger partial charge >= 0.3 is 6.09 Å². The van der Waals surface area contributed by atoms with Crippen molar-refractivity contribution in [1.29, 1.82) is 0 Å². The summed E-state index contributed by atoms with van der Waals surface area (Å²) in [6, 6.07) is 20.8. The molecule has 0 aliphatic carbocycles. The quantitative estimate of drug-likeness (QED) is 0.584. The van der Waals surface area contributed by atoms with Crippen LogP contribution in [0.3, 0.4) is 0 Å². The Balaban J connectivity index is 1.46. The van der Waals surface area contributed by atoms with Crippen molar-refractivity contribution in [1.82, 2.24) is 5.32 Å². The maximum absolute atomic E-state index is 12.9. The van der Waals surface area contributed by atoms with Gasteiger partial charge in [-0.15, -0.1) is 0 Å². The van der Waals surface area contributed by atoms with E-state index in [1.807, 2.05) is 66.7 Å². The molecule has 0 saturated carbocycles. The van der Waals surface area contributed by atoms with Crippen LogP contribution >= 0.6 is 15.9 Å². The Kier molecular flexibility index (Phi) is 5.25. The molecule has 1 saturated heterocycles. The standard InChI is InChI=1S/C22H19BrN2O4/c23-17-8-3-5-15(13-17)14-24-21(27)29-22(28)11-12-25(20(22)26)19-10-4-7-16-6-1-2-9-18(16)19/h1-10,13,28H,11-12,14H2,(H,24,27)/t22-/m0/s1. The fourth-order valence-corrected chi connectivity index (χ4v) is 3.91. The molecule has 4 rings (SSSR count). The highest BCUT2D eigenvalue weighted by Gasteiger charge is 2.49. The van der Waals surface area contributed by atoms with Crippen LogP contribution in [0.5, 0.6) is 0 Å². The van der Waals surface area contributed by atoms with Crippen molar-refractivity contribution < 1.29 is 19.4 Å². The van der Waals surface area contributed by atoms with E-state index in [1.54, 1.807) is 0 Å². The number of nitrogens with zero attached hydrogens (tertiary/aromatic N) is 1. The second-order valence-corrected chi connectivity index (χ2v) is 7.78. The van der Waals surface area contributed by atoms with E-state index in [4.69, 9.17) is 4.74 Å². The van der Waals surface area contributed by atoms with Crippen LogP contribution in [-0.2, 0) is 16.1 Å². The smallest absolute Gasteiger partial charge is 0.407 e. The van der Waals surface area contributed by atoms with Crippen LogP contribution in [0.2, 0.25) is 0 Å². The lowest BCUT2D eigenvalue weighted by atomic mass is 10.1. The number of hydrogen-bond acceptors (Lipinski definition) is 4. The van der Waals surface area contributed by atoms with Crippen LogP contribution in [-0.4, -0.2) is 29.4 Å². The Bertz CT molecular complexity index is 1080. The maximum Gasteiger partial charge on any atom is 0.410 e. The van der Waals surface area contributed by atoms with Crippen molar-refractivity contribution in [3.05, 3.63) is 76.8 Å². The van der Waals surface area contributed by atoms with E-state index < -0.39 is 17.8 Å². The number of aliphatic hydroxyl groups is 1. The van der Waals surface area contributed by atoms with Gasteiger partial charge in [0, 0.05) is 29.4 Å². The number of carbonyl (C=O) groups excluding carboxylic acids is 2. The SMILES string of the molecule is O=C(NCc1cccc(Br)c1)O[C@@]1(O)CCN(c2cccc3ccccc23)C1=O. The highest BCUT2D eigenvalue weighted by Crippen LogP contribution is 2.34. The maximum atomic E-state index is 12.9. The van der Waals surface area contributed by atoms with Gasteiger partial charge in [0.25, 0.3) is 11.7 Å². The fourth-order valence-electron chi connectivity index (χ4n) is 3.46. The molecule has 0 spiro atoms. The number of anilines is 1. The number of nitrogens with one attached hydrogen (secondary N) is 1. The van der Waals surface area contributed by atoms with Crippen LogP contribution in [0.4, 0.5) is 10.5 Å². The third-order valence-electron chi connectivity index (χ3n) is 4.90. The molecule has 29 heavy (non-hydrogen) atoms. The Morgan fingerprint density at radius 2 is 1.90 bits per heavy atom. The summed E-state index contributed by atoms with van der Waals surface area (Å²) < 4.78 is 6.02. The van der Waals surface area contributed by atoms with Crippen LogP contribution in [0.15, 0.2) is 71.2 Å². The zero-order valence-electron chi connectivity index (χ0n) is 15.5. The number of amides is 2. The Morgan fingerprint density at radius 3 is 2.72 bits per heavy atom. The number of ether oxygens (including phenoxy) is 1. The molecule has 1 aliphatic rings. The Hall–Kier alpha value is -2.90. The molecule has 0 aromatic heterocycles. The van der Waals surface area contributed by atoms with E-state index in [2.05, 4.69) is 21.2 Å². The van der Waals surface area contributed by atoms with Gasteiger partial charge in [0.05, 0.1) is 5.69 Å². The number of halogens is 1. The first-order chi connectivity index (χ1) is 14.0. The highest BCUT2D eigenvalue weighted by atomic mass is 79.9. The van der Waals surface area contributed by atoms with Crippen LogP contribution < -0.4 is 10.2 Å². The summed E-state index contributed by atoms with van der Waals surface area (Å²) in [7, 11) is 0. The lowest BCUT2D eigenvalue weighted by Crippen LogP contribution is -2.46. The fraction of sp³-hybridized carbons (Fsp3) is 0.182. The van der Waals surface area contributed by atoms with Gasteiger partial charge in [-0.1, -0.05) is 64.5 Å². The number of benzene rings is 3. The lowest BCUT2D eigenvalue weighted by molar-refractivity contribution is -0.175. The molecule has 148 valence electrons. The van der Waals surface area contributed by atoms with Crippen molar-refractivity contribution in [2.24, 2.45) is 0 Å². The molecule has 3 aromatic carbocycles. The van der Waals surface area contributed by atoms with E-state index in [0.717, 1.165) is 20.8 Å². The number of fused-ring (bicyclic) bond motifs is 1.